The van der Waals surface area contributed by atoms with Crippen LogP contribution < -0.4 is 21.9 Å². The number of nitrogens with zero attached hydrogens (tertiary/aromatic N) is 1. The normalized spacial score (nSPS) is 32.2. The van der Waals surface area contributed by atoms with E-state index in [0.29, 0.717) is 25.0 Å². The molecule has 1 aromatic carbocycles. The molecule has 2 amide bonds. The Labute approximate surface area is 178 Å². The molecule has 0 aromatic heterocycles. The van der Waals surface area contributed by atoms with Gasteiger partial charge in [-0.1, -0.05) is 43.2 Å². The Kier molecular flexibility index (Phi) is 7.16. The second-order valence-corrected chi connectivity index (χ2v) is 8.48. The summed E-state index contributed by atoms with van der Waals surface area (Å²) in [6, 6.07) is 9.54. The Morgan fingerprint density at radius 3 is 2.62 bits per heavy atom. The fraction of sp³-hybridized carbons (Fsp3) is 0.619. The average Bonchev–Trinajstić information content (AvgIpc) is 3.31. The molecule has 1 aliphatic carbocycles. The molecule has 2 saturated heterocycles. The quantitative estimate of drug-likeness (QED) is 0.579. The zero-order chi connectivity index (χ0) is 19.7. The maximum Gasteiger partial charge on any atom is 0.244 e. The molecule has 7 nitrogen and oxygen atoms in total. The summed E-state index contributed by atoms with van der Waals surface area (Å²) in [5.74, 6) is 0.287. The van der Waals surface area contributed by atoms with Crippen LogP contribution >= 0.6 is 12.4 Å². The predicted octanol–water partition coefficient (Wildman–Crippen LogP) is 0.901. The van der Waals surface area contributed by atoms with Crippen LogP contribution in [0.5, 0.6) is 0 Å². The second kappa shape index (κ2) is 9.43. The number of carbonyl (C=O) groups is 2. The fourth-order valence-electron chi connectivity index (χ4n) is 5.00. The summed E-state index contributed by atoms with van der Waals surface area (Å²) in [6.07, 6.45) is 4.51. The summed E-state index contributed by atoms with van der Waals surface area (Å²) >= 11 is 0. The number of carbonyl (C=O) groups excluding carboxylic acids is 2. The molecular formula is C21H32ClN5O2. The number of amides is 2. The summed E-state index contributed by atoms with van der Waals surface area (Å²) in [5.41, 5.74) is 13.9. The van der Waals surface area contributed by atoms with E-state index in [4.69, 9.17) is 5.73 Å². The van der Waals surface area contributed by atoms with Crippen molar-refractivity contribution in [3.8, 4) is 0 Å². The van der Waals surface area contributed by atoms with Gasteiger partial charge in [-0.05, 0) is 25.3 Å². The minimum Gasteiger partial charge on any atom is -0.343 e. The van der Waals surface area contributed by atoms with Gasteiger partial charge in [-0.25, -0.2) is 5.43 Å². The predicted molar refractivity (Wildman–Crippen MR) is 114 cm³/mol. The van der Waals surface area contributed by atoms with E-state index in [1.54, 1.807) is 11.8 Å². The standard InChI is InChI=1S/C21H31N5O2.ClH/c1-13(23-20(27)19-15-9-5-6-10-18(15)24-25-19)21(28)26-11-16(17(22)12-26)14-7-3-2-4-8-14;/h2-4,7-8,13,15-19,24-25H,5-6,9-12,22H2,1H3,(H,23,27);1H/t13?,15?,16-,17+,18?,19?;/m0./s1. The third-order valence-corrected chi connectivity index (χ3v) is 6.59. The average molecular weight is 422 g/mol. The second-order valence-electron chi connectivity index (χ2n) is 8.48. The highest BCUT2D eigenvalue weighted by Crippen LogP contribution is 2.30. The third kappa shape index (κ3) is 4.58. The van der Waals surface area contributed by atoms with Crippen molar-refractivity contribution in [2.75, 3.05) is 13.1 Å². The molecule has 160 valence electrons. The molecular weight excluding hydrogens is 390 g/mol. The van der Waals surface area contributed by atoms with Gasteiger partial charge in [0.1, 0.15) is 12.1 Å². The van der Waals surface area contributed by atoms with Gasteiger partial charge < -0.3 is 16.0 Å². The number of hydrogen-bond acceptors (Lipinski definition) is 5. The lowest BCUT2D eigenvalue weighted by molar-refractivity contribution is -0.135. The Bertz CT molecular complexity index is 718. The first-order valence-electron chi connectivity index (χ1n) is 10.5. The minimum atomic E-state index is -0.557. The van der Waals surface area contributed by atoms with Crippen LogP contribution in [-0.2, 0) is 9.59 Å². The van der Waals surface area contributed by atoms with E-state index >= 15 is 0 Å². The molecule has 2 heterocycles. The van der Waals surface area contributed by atoms with Crippen LogP contribution in [0.15, 0.2) is 30.3 Å². The van der Waals surface area contributed by atoms with Gasteiger partial charge in [-0.2, -0.15) is 0 Å². The lowest BCUT2D eigenvalue weighted by Gasteiger charge is -2.28. The number of nitrogens with one attached hydrogen (secondary N) is 3. The van der Waals surface area contributed by atoms with Crippen molar-refractivity contribution in [3.63, 3.8) is 0 Å². The van der Waals surface area contributed by atoms with Gasteiger partial charge in [-0.3, -0.25) is 15.0 Å². The van der Waals surface area contributed by atoms with Crippen LogP contribution in [0.3, 0.4) is 0 Å². The van der Waals surface area contributed by atoms with Gasteiger partial charge >= 0.3 is 0 Å². The number of benzene rings is 1. The van der Waals surface area contributed by atoms with Crippen LogP contribution in [0.2, 0.25) is 0 Å². The van der Waals surface area contributed by atoms with Crippen molar-refractivity contribution in [3.05, 3.63) is 35.9 Å². The molecule has 4 unspecified atom stereocenters. The highest BCUT2D eigenvalue weighted by atomic mass is 35.5. The molecule has 0 radical (unpaired) electrons. The first-order valence-corrected chi connectivity index (χ1v) is 10.5. The lowest BCUT2D eigenvalue weighted by atomic mass is 9.81. The molecule has 1 aromatic rings. The van der Waals surface area contributed by atoms with Crippen LogP contribution in [0.25, 0.3) is 0 Å². The Balaban J connectivity index is 0.00000240. The molecule has 3 fully saturated rings. The SMILES string of the molecule is CC(NC(=O)C1NNC2CCCCC21)C(=O)N1C[C@@H](N)[C@H](c2ccccc2)C1.Cl. The van der Waals surface area contributed by atoms with E-state index in [-0.39, 0.29) is 42.2 Å². The van der Waals surface area contributed by atoms with E-state index in [0.717, 1.165) is 24.8 Å². The van der Waals surface area contributed by atoms with Crippen molar-refractivity contribution in [1.29, 1.82) is 0 Å². The number of nitrogens with two attached hydrogens (primary N) is 1. The molecule has 0 spiro atoms. The van der Waals surface area contributed by atoms with Crippen LogP contribution in [-0.4, -0.2) is 54.0 Å². The molecule has 29 heavy (non-hydrogen) atoms. The highest BCUT2D eigenvalue weighted by Gasteiger charge is 2.42. The number of rotatable bonds is 4. The van der Waals surface area contributed by atoms with Crippen molar-refractivity contribution in [1.82, 2.24) is 21.1 Å². The van der Waals surface area contributed by atoms with Crippen molar-refractivity contribution >= 4 is 24.2 Å². The van der Waals surface area contributed by atoms with Gasteiger partial charge in [0.25, 0.3) is 0 Å². The molecule has 1 saturated carbocycles. The highest BCUT2D eigenvalue weighted by molar-refractivity contribution is 5.90. The Hall–Kier alpha value is -1.67. The van der Waals surface area contributed by atoms with E-state index in [1.165, 1.54) is 6.42 Å². The van der Waals surface area contributed by atoms with Gasteiger partial charge in [-0.15, -0.1) is 12.4 Å². The summed E-state index contributed by atoms with van der Waals surface area (Å²) < 4.78 is 0. The summed E-state index contributed by atoms with van der Waals surface area (Å²) in [6.45, 7) is 2.88. The third-order valence-electron chi connectivity index (χ3n) is 6.59. The number of hydrogen-bond donors (Lipinski definition) is 4. The van der Waals surface area contributed by atoms with Crippen molar-refractivity contribution in [2.45, 2.75) is 62.7 Å². The van der Waals surface area contributed by atoms with E-state index in [2.05, 4.69) is 28.3 Å². The molecule has 8 heteroatoms. The number of halogens is 1. The largest absolute Gasteiger partial charge is 0.343 e. The van der Waals surface area contributed by atoms with E-state index < -0.39 is 6.04 Å². The smallest absolute Gasteiger partial charge is 0.244 e. The minimum absolute atomic E-state index is 0. The number of likely N-dealkylation sites (tertiary alicyclic amines) is 1. The van der Waals surface area contributed by atoms with E-state index in [1.807, 2.05) is 18.2 Å². The molecule has 0 bridgehead atoms. The van der Waals surface area contributed by atoms with Gasteiger partial charge in [0.15, 0.2) is 0 Å². The molecule has 4 rings (SSSR count). The monoisotopic (exact) mass is 421 g/mol. The first-order chi connectivity index (χ1) is 13.5. The van der Waals surface area contributed by atoms with Crippen molar-refractivity contribution in [2.24, 2.45) is 11.7 Å². The van der Waals surface area contributed by atoms with Crippen LogP contribution in [0, 0.1) is 5.92 Å². The number of fused-ring (bicyclic) bond motifs is 1. The summed E-state index contributed by atoms with van der Waals surface area (Å²) in [5, 5.41) is 2.93. The fourth-order valence-corrected chi connectivity index (χ4v) is 5.00. The van der Waals surface area contributed by atoms with Crippen molar-refractivity contribution < 1.29 is 9.59 Å². The number of hydrazine groups is 1. The van der Waals surface area contributed by atoms with Gasteiger partial charge in [0, 0.05) is 37.0 Å². The van der Waals surface area contributed by atoms with Crippen LogP contribution in [0.4, 0.5) is 0 Å². The summed E-state index contributed by atoms with van der Waals surface area (Å²) in [4.78, 5) is 27.5. The summed E-state index contributed by atoms with van der Waals surface area (Å²) in [7, 11) is 0. The molecule has 3 aliphatic rings. The maximum absolute atomic E-state index is 12.9. The first kappa shape index (κ1) is 22.0. The maximum atomic E-state index is 12.9. The van der Waals surface area contributed by atoms with Gasteiger partial charge in [0.2, 0.25) is 11.8 Å². The zero-order valence-electron chi connectivity index (χ0n) is 16.8. The lowest BCUT2D eigenvalue weighted by Crippen LogP contribution is -2.53. The zero-order valence-corrected chi connectivity index (χ0v) is 17.7. The van der Waals surface area contributed by atoms with E-state index in [9.17, 15) is 9.59 Å². The Morgan fingerprint density at radius 1 is 1.14 bits per heavy atom. The van der Waals surface area contributed by atoms with Crippen LogP contribution in [0.1, 0.15) is 44.1 Å². The Morgan fingerprint density at radius 2 is 1.86 bits per heavy atom. The molecule has 2 aliphatic heterocycles. The van der Waals surface area contributed by atoms with Gasteiger partial charge in [0.05, 0.1) is 0 Å². The topological polar surface area (TPSA) is 99.5 Å². The molecule has 5 N–H and O–H groups in total. The molecule has 6 atom stereocenters.